The molecule has 2 rings (SSSR count). The monoisotopic (exact) mass is 289 g/mol. The highest BCUT2D eigenvalue weighted by molar-refractivity contribution is 7.91. The number of hydrogen-bond donors (Lipinski definition) is 1. The van der Waals surface area contributed by atoms with E-state index in [-0.39, 0.29) is 17.0 Å². The van der Waals surface area contributed by atoms with Crippen LogP contribution in [0.15, 0.2) is 0 Å². The number of nitrogens with two attached hydrogens (primary N) is 1. The molecule has 0 spiro atoms. The molecule has 1 aliphatic carbocycles. The largest absolute Gasteiger partial charge is 0.381 e. The average molecular weight is 289 g/mol. The van der Waals surface area contributed by atoms with Crippen LogP contribution in [0.5, 0.6) is 0 Å². The minimum atomic E-state index is -3.06. The molecular formula is C13H23NO4S. The summed E-state index contributed by atoms with van der Waals surface area (Å²) in [6.45, 7) is 1.04. The molecule has 0 amide bonds. The third-order valence-electron chi connectivity index (χ3n) is 4.48. The number of ether oxygens (including phenoxy) is 1. The van der Waals surface area contributed by atoms with E-state index in [1.807, 2.05) is 0 Å². The van der Waals surface area contributed by atoms with Gasteiger partial charge < -0.3 is 10.5 Å². The molecule has 110 valence electrons. The minimum Gasteiger partial charge on any atom is -0.381 e. The Kier molecular flexibility index (Phi) is 4.32. The van der Waals surface area contributed by atoms with E-state index in [1.165, 1.54) is 6.26 Å². The maximum atomic E-state index is 12.6. The molecule has 6 heteroatoms. The van der Waals surface area contributed by atoms with Gasteiger partial charge in [-0.15, -0.1) is 0 Å². The van der Waals surface area contributed by atoms with E-state index in [2.05, 4.69) is 0 Å². The third-order valence-corrected chi connectivity index (χ3v) is 6.12. The molecule has 1 aliphatic heterocycles. The first-order chi connectivity index (χ1) is 8.83. The fourth-order valence-corrected chi connectivity index (χ4v) is 4.34. The molecule has 0 aromatic rings. The van der Waals surface area contributed by atoms with Crippen LogP contribution in [0.1, 0.15) is 38.5 Å². The zero-order valence-electron chi connectivity index (χ0n) is 11.4. The highest BCUT2D eigenvalue weighted by atomic mass is 32.2. The van der Waals surface area contributed by atoms with E-state index in [0.29, 0.717) is 38.9 Å². The van der Waals surface area contributed by atoms with E-state index in [4.69, 9.17) is 10.5 Å². The first-order valence-electron chi connectivity index (χ1n) is 6.93. The number of carbonyl (C=O) groups is 1. The van der Waals surface area contributed by atoms with Crippen LogP contribution in [0.25, 0.3) is 0 Å². The summed E-state index contributed by atoms with van der Waals surface area (Å²) in [4.78, 5) is 12.6. The van der Waals surface area contributed by atoms with Crippen LogP contribution in [-0.2, 0) is 19.4 Å². The van der Waals surface area contributed by atoms with E-state index < -0.39 is 15.4 Å². The summed E-state index contributed by atoms with van der Waals surface area (Å²) in [5.41, 5.74) is 5.41. The van der Waals surface area contributed by atoms with Crippen molar-refractivity contribution < 1.29 is 17.9 Å². The number of carbonyl (C=O) groups excluding carboxylic acids is 1. The van der Waals surface area contributed by atoms with Gasteiger partial charge in [0.05, 0.1) is 10.8 Å². The zero-order valence-corrected chi connectivity index (χ0v) is 12.2. The molecule has 2 unspecified atom stereocenters. The number of sulfone groups is 1. The molecule has 0 aromatic carbocycles. The van der Waals surface area contributed by atoms with E-state index >= 15 is 0 Å². The van der Waals surface area contributed by atoms with Gasteiger partial charge in [-0.05, 0) is 32.1 Å². The highest BCUT2D eigenvalue weighted by Gasteiger charge is 2.42. The van der Waals surface area contributed by atoms with Gasteiger partial charge in [-0.25, -0.2) is 8.42 Å². The summed E-state index contributed by atoms with van der Waals surface area (Å²) in [7, 11) is -3.06. The van der Waals surface area contributed by atoms with Crippen molar-refractivity contribution in [2.24, 2.45) is 11.7 Å². The van der Waals surface area contributed by atoms with E-state index in [9.17, 15) is 13.2 Å². The number of hydrogen-bond acceptors (Lipinski definition) is 5. The molecule has 2 N–H and O–H groups in total. The molecule has 2 fully saturated rings. The smallest absolute Gasteiger partial charge is 0.155 e. The zero-order chi connectivity index (χ0) is 14.1. The summed E-state index contributed by atoms with van der Waals surface area (Å²) in [5.74, 6) is -0.152. The van der Waals surface area contributed by atoms with Crippen LogP contribution >= 0.6 is 0 Å². The van der Waals surface area contributed by atoms with Gasteiger partial charge in [0.15, 0.2) is 5.78 Å². The lowest BCUT2D eigenvalue weighted by molar-refractivity contribution is -0.132. The maximum Gasteiger partial charge on any atom is 0.155 e. The standard InChI is InChI=1S/C13H23NO4S/c1-19(16,17)11-4-2-3-10(9-11)12(15)13(14)5-7-18-8-6-13/h10-11H,2-9,14H2,1H3. The molecule has 0 bridgehead atoms. The third kappa shape index (κ3) is 3.35. The lowest BCUT2D eigenvalue weighted by Gasteiger charge is -2.37. The summed E-state index contributed by atoms with van der Waals surface area (Å²) < 4.78 is 28.5. The van der Waals surface area contributed by atoms with Crippen molar-refractivity contribution in [1.82, 2.24) is 0 Å². The second kappa shape index (κ2) is 5.50. The minimum absolute atomic E-state index is 0.0455. The van der Waals surface area contributed by atoms with Gasteiger partial charge in [0, 0.05) is 25.4 Å². The maximum absolute atomic E-state index is 12.6. The summed E-state index contributed by atoms with van der Waals surface area (Å²) in [5, 5.41) is -0.376. The lowest BCUT2D eigenvalue weighted by Crippen LogP contribution is -2.55. The Bertz CT molecular complexity index is 440. The summed E-state index contributed by atoms with van der Waals surface area (Å²) >= 11 is 0. The molecule has 2 atom stereocenters. The van der Waals surface area contributed by atoms with Gasteiger partial charge in [-0.3, -0.25) is 4.79 Å². The topological polar surface area (TPSA) is 86.5 Å². The van der Waals surface area contributed by atoms with Crippen LogP contribution in [-0.4, -0.2) is 44.5 Å². The second-order valence-electron chi connectivity index (χ2n) is 5.95. The van der Waals surface area contributed by atoms with Gasteiger partial charge in [0.2, 0.25) is 0 Å². The Morgan fingerprint density at radius 1 is 1.26 bits per heavy atom. The Morgan fingerprint density at radius 3 is 2.47 bits per heavy atom. The Morgan fingerprint density at radius 2 is 1.89 bits per heavy atom. The van der Waals surface area contributed by atoms with Crippen molar-refractivity contribution in [2.75, 3.05) is 19.5 Å². The van der Waals surface area contributed by atoms with Gasteiger partial charge in [-0.1, -0.05) is 6.42 Å². The molecule has 1 heterocycles. The molecular weight excluding hydrogens is 266 g/mol. The van der Waals surface area contributed by atoms with Crippen molar-refractivity contribution in [2.45, 2.75) is 49.3 Å². The van der Waals surface area contributed by atoms with Crippen LogP contribution < -0.4 is 5.73 Å². The fraction of sp³-hybridized carbons (Fsp3) is 0.923. The Balaban J connectivity index is 2.06. The summed E-state index contributed by atoms with van der Waals surface area (Å²) in [6.07, 6.45) is 5.03. The quantitative estimate of drug-likeness (QED) is 0.825. The Labute approximate surface area is 114 Å². The normalized spacial score (nSPS) is 31.9. The van der Waals surface area contributed by atoms with E-state index in [1.54, 1.807) is 0 Å². The van der Waals surface area contributed by atoms with Crippen molar-refractivity contribution in [1.29, 1.82) is 0 Å². The lowest BCUT2D eigenvalue weighted by atomic mass is 9.75. The number of rotatable bonds is 3. The molecule has 1 saturated heterocycles. The van der Waals surface area contributed by atoms with Gasteiger partial charge in [-0.2, -0.15) is 0 Å². The number of Topliss-reactive ketones (excluding diaryl/α,β-unsaturated/α-hetero) is 1. The predicted octanol–water partition coefficient (Wildman–Crippen LogP) is 0.667. The van der Waals surface area contributed by atoms with Crippen molar-refractivity contribution >= 4 is 15.6 Å². The average Bonchev–Trinajstić information content (AvgIpc) is 2.38. The molecule has 5 nitrogen and oxygen atoms in total. The molecule has 2 aliphatic rings. The first-order valence-corrected chi connectivity index (χ1v) is 8.88. The molecule has 19 heavy (non-hydrogen) atoms. The van der Waals surface area contributed by atoms with Crippen LogP contribution in [0, 0.1) is 5.92 Å². The summed E-state index contributed by atoms with van der Waals surface area (Å²) in [6, 6.07) is 0. The Hall–Kier alpha value is -0.460. The molecule has 0 radical (unpaired) electrons. The van der Waals surface area contributed by atoms with E-state index in [0.717, 1.165) is 12.8 Å². The fourth-order valence-electron chi connectivity index (χ4n) is 3.16. The van der Waals surface area contributed by atoms with Crippen molar-refractivity contribution in [3.05, 3.63) is 0 Å². The number of ketones is 1. The highest BCUT2D eigenvalue weighted by Crippen LogP contribution is 2.33. The van der Waals surface area contributed by atoms with Crippen molar-refractivity contribution in [3.8, 4) is 0 Å². The second-order valence-corrected chi connectivity index (χ2v) is 8.27. The molecule has 1 saturated carbocycles. The van der Waals surface area contributed by atoms with Crippen molar-refractivity contribution in [3.63, 3.8) is 0 Å². The molecule has 0 aromatic heterocycles. The predicted molar refractivity (Wildman–Crippen MR) is 72.6 cm³/mol. The SMILES string of the molecule is CS(=O)(=O)C1CCCC(C(=O)C2(N)CCOCC2)C1. The van der Waals surface area contributed by atoms with Crippen LogP contribution in [0.3, 0.4) is 0 Å². The van der Waals surface area contributed by atoms with Gasteiger partial charge in [0.25, 0.3) is 0 Å². The van der Waals surface area contributed by atoms with Crippen LogP contribution in [0.2, 0.25) is 0 Å². The van der Waals surface area contributed by atoms with Crippen LogP contribution in [0.4, 0.5) is 0 Å². The van der Waals surface area contributed by atoms with Gasteiger partial charge >= 0.3 is 0 Å². The van der Waals surface area contributed by atoms with Gasteiger partial charge in [0.1, 0.15) is 9.84 Å². The first kappa shape index (κ1) is 14.9.